The molecule has 0 atom stereocenters. The maximum absolute atomic E-state index is 5.89. The minimum atomic E-state index is -1.59. The van der Waals surface area contributed by atoms with Gasteiger partial charge in [0.15, 0.2) is 0 Å². The van der Waals surface area contributed by atoms with Crippen LogP contribution in [0.3, 0.4) is 0 Å². The van der Waals surface area contributed by atoms with E-state index in [4.69, 9.17) is 19.4 Å². The predicted molar refractivity (Wildman–Crippen MR) is 90.9 cm³/mol. The monoisotopic (exact) mass is 412 g/mol. The summed E-state index contributed by atoms with van der Waals surface area (Å²) >= 11 is -1.59. The Kier molecular flexibility index (Phi) is 7.39. The Morgan fingerprint density at radius 2 is 1.35 bits per heavy atom. The molecular weight excluding hydrogens is 395 g/mol. The fraction of sp³-hybridized carbons (Fsp3) is 0.188. The van der Waals surface area contributed by atoms with Crippen LogP contribution in [0.1, 0.15) is 12.8 Å². The molecular formula is C16H17Cl2PRu. The molecule has 108 valence electrons. The van der Waals surface area contributed by atoms with E-state index < -0.39 is 13.5 Å². The van der Waals surface area contributed by atoms with E-state index >= 15 is 0 Å². The van der Waals surface area contributed by atoms with E-state index in [1.165, 1.54) is 16.8 Å². The molecule has 0 bridgehead atoms. The van der Waals surface area contributed by atoms with Crippen molar-refractivity contribution in [3.05, 3.63) is 60.7 Å². The van der Waals surface area contributed by atoms with Gasteiger partial charge in [0.05, 0.1) is 0 Å². The maximum atomic E-state index is 5.89. The van der Waals surface area contributed by atoms with Gasteiger partial charge in [-0.3, -0.25) is 0 Å². The van der Waals surface area contributed by atoms with Gasteiger partial charge in [-0.25, -0.2) is 0 Å². The van der Waals surface area contributed by atoms with Crippen LogP contribution in [0.2, 0.25) is 0 Å². The van der Waals surface area contributed by atoms with Crippen LogP contribution < -0.4 is 10.6 Å². The number of rotatable bonds is 6. The van der Waals surface area contributed by atoms with E-state index in [1.54, 1.807) is 0 Å². The molecule has 0 N–H and O–H groups in total. The normalized spacial score (nSPS) is 11.4. The average molecular weight is 412 g/mol. The van der Waals surface area contributed by atoms with Gasteiger partial charge in [0, 0.05) is 0 Å². The first-order valence-corrected chi connectivity index (χ1v) is 13.5. The summed E-state index contributed by atoms with van der Waals surface area (Å²) in [6, 6.07) is 21.6. The first kappa shape index (κ1) is 16.3. The standard InChI is InChI=1S/C16H17P.2ClH.Ru/c1-2-3-14-17(15-10-6-4-7-11-15)16-12-8-5-9-13-16;;;/h1,4-13H,2-3,14H2;2*1H;/q;;;+2/p-2. The first-order valence-electron chi connectivity index (χ1n) is 6.46. The summed E-state index contributed by atoms with van der Waals surface area (Å²) in [6.45, 7) is 0. The fourth-order valence-electron chi connectivity index (χ4n) is 2.02. The van der Waals surface area contributed by atoms with Gasteiger partial charge in [0.1, 0.15) is 0 Å². The zero-order chi connectivity index (χ0) is 14.2. The van der Waals surface area contributed by atoms with E-state index in [-0.39, 0.29) is 7.92 Å². The molecule has 20 heavy (non-hydrogen) atoms. The van der Waals surface area contributed by atoms with E-state index in [0.717, 1.165) is 12.8 Å². The SMILES string of the molecule is [Cl][Ru]([Cl])=[CH]CCCP(c1ccccc1)c1ccccc1. The molecule has 2 aromatic carbocycles. The predicted octanol–water partition coefficient (Wildman–Crippen LogP) is 4.63. The molecule has 0 spiro atoms. The van der Waals surface area contributed by atoms with Crippen LogP contribution >= 0.6 is 27.3 Å². The van der Waals surface area contributed by atoms with Crippen LogP contribution in [0.4, 0.5) is 0 Å². The summed E-state index contributed by atoms with van der Waals surface area (Å²) in [4.78, 5) is 0. The summed E-state index contributed by atoms with van der Waals surface area (Å²) in [5, 5.41) is 2.89. The van der Waals surface area contributed by atoms with Gasteiger partial charge in [0.25, 0.3) is 0 Å². The van der Waals surface area contributed by atoms with Crippen molar-refractivity contribution in [1.82, 2.24) is 0 Å². The summed E-state index contributed by atoms with van der Waals surface area (Å²) in [7, 11) is 11.5. The Bertz CT molecular complexity index is 499. The number of hydrogen-bond acceptors (Lipinski definition) is 0. The Morgan fingerprint density at radius 1 is 0.850 bits per heavy atom. The Balaban J connectivity index is 2.11. The second-order valence-electron chi connectivity index (χ2n) is 4.31. The van der Waals surface area contributed by atoms with Crippen LogP contribution in [0.15, 0.2) is 60.7 Å². The van der Waals surface area contributed by atoms with Crippen molar-refractivity contribution in [2.45, 2.75) is 12.8 Å². The van der Waals surface area contributed by atoms with Crippen LogP contribution in [-0.4, -0.2) is 10.8 Å². The van der Waals surface area contributed by atoms with Crippen molar-refractivity contribution < 1.29 is 13.5 Å². The van der Waals surface area contributed by atoms with Crippen LogP contribution in [0.5, 0.6) is 0 Å². The molecule has 0 amide bonds. The summed E-state index contributed by atoms with van der Waals surface area (Å²) < 4.78 is 2.11. The van der Waals surface area contributed by atoms with E-state index in [9.17, 15) is 0 Å². The molecule has 0 aliphatic heterocycles. The fourth-order valence-corrected chi connectivity index (χ4v) is 6.05. The molecule has 0 radical (unpaired) electrons. The molecule has 0 saturated heterocycles. The van der Waals surface area contributed by atoms with Gasteiger partial charge in [0.2, 0.25) is 0 Å². The molecule has 0 saturated carbocycles. The van der Waals surface area contributed by atoms with Crippen molar-refractivity contribution in [3.8, 4) is 0 Å². The van der Waals surface area contributed by atoms with Gasteiger partial charge in [-0.2, -0.15) is 0 Å². The van der Waals surface area contributed by atoms with Crippen LogP contribution in [0, 0.1) is 0 Å². The van der Waals surface area contributed by atoms with Crippen molar-refractivity contribution >= 4 is 42.5 Å². The molecule has 4 heteroatoms. The van der Waals surface area contributed by atoms with E-state index in [1.807, 2.05) is 0 Å². The van der Waals surface area contributed by atoms with Gasteiger partial charge in [-0.1, -0.05) is 0 Å². The molecule has 0 aliphatic rings. The van der Waals surface area contributed by atoms with Gasteiger partial charge in [-0.15, -0.1) is 0 Å². The van der Waals surface area contributed by atoms with E-state index in [0.29, 0.717) is 0 Å². The topological polar surface area (TPSA) is 0 Å². The zero-order valence-corrected chi connectivity index (χ0v) is 15.2. The van der Waals surface area contributed by atoms with Crippen molar-refractivity contribution in [1.29, 1.82) is 0 Å². The molecule has 2 aromatic rings. The van der Waals surface area contributed by atoms with Gasteiger partial charge >= 0.3 is 136 Å². The Labute approximate surface area is 135 Å². The zero-order valence-electron chi connectivity index (χ0n) is 11.0. The van der Waals surface area contributed by atoms with Crippen molar-refractivity contribution in [3.63, 3.8) is 0 Å². The number of benzene rings is 2. The van der Waals surface area contributed by atoms with Gasteiger partial charge in [-0.05, 0) is 0 Å². The summed E-state index contributed by atoms with van der Waals surface area (Å²) in [6.07, 6.45) is 3.37. The second kappa shape index (κ2) is 9.06. The quantitative estimate of drug-likeness (QED) is 0.369. The number of unbranched alkanes of at least 4 members (excludes halogenated alkanes) is 1. The van der Waals surface area contributed by atoms with Crippen LogP contribution in [-0.2, 0) is 13.5 Å². The average Bonchev–Trinajstić information content (AvgIpc) is 2.49. The summed E-state index contributed by atoms with van der Waals surface area (Å²) in [5.41, 5.74) is 0. The minimum absolute atomic E-state index is 0.272. The third-order valence-corrected chi connectivity index (χ3v) is 7.87. The van der Waals surface area contributed by atoms with Gasteiger partial charge < -0.3 is 0 Å². The first-order chi connectivity index (χ1) is 9.77. The van der Waals surface area contributed by atoms with Crippen molar-refractivity contribution in [2.24, 2.45) is 0 Å². The second-order valence-corrected chi connectivity index (χ2v) is 12.6. The molecule has 0 heterocycles. The van der Waals surface area contributed by atoms with E-state index in [2.05, 4.69) is 65.3 Å². The molecule has 2 rings (SSSR count). The van der Waals surface area contributed by atoms with Crippen LogP contribution in [0.25, 0.3) is 0 Å². The Hall–Kier alpha value is -0.0566. The molecule has 0 aliphatic carbocycles. The molecule has 0 nitrogen and oxygen atoms in total. The molecule has 0 aromatic heterocycles. The number of hydrogen-bond donors (Lipinski definition) is 0. The van der Waals surface area contributed by atoms with Crippen molar-refractivity contribution in [2.75, 3.05) is 6.16 Å². The number of halogens is 2. The third-order valence-electron chi connectivity index (χ3n) is 2.93. The molecule has 0 fully saturated rings. The Morgan fingerprint density at radius 3 is 1.80 bits per heavy atom. The molecule has 0 unspecified atom stereocenters. The summed E-state index contributed by atoms with van der Waals surface area (Å²) in [5.74, 6) is 0. The third kappa shape index (κ3) is 5.38.